The van der Waals surface area contributed by atoms with Crippen LogP contribution in [0.4, 0.5) is 21.8 Å². The monoisotopic (exact) mass is 330 g/mol. The van der Waals surface area contributed by atoms with Crippen LogP contribution in [-0.4, -0.2) is 17.0 Å². The number of rotatable bonds is 3. The highest BCUT2D eigenvalue weighted by atomic mass is 79.9. The first-order chi connectivity index (χ1) is 8.60. The Kier molecular flexibility index (Phi) is 3.98. The van der Waals surface area contributed by atoms with Crippen molar-refractivity contribution in [2.45, 2.75) is 0 Å². The Morgan fingerprint density at radius 3 is 2.83 bits per heavy atom. The van der Waals surface area contributed by atoms with Gasteiger partial charge >= 0.3 is 0 Å². The lowest BCUT2D eigenvalue weighted by Gasteiger charge is -2.09. The minimum Gasteiger partial charge on any atom is -0.357 e. The van der Waals surface area contributed by atoms with E-state index in [4.69, 9.17) is 11.6 Å². The van der Waals surface area contributed by atoms with E-state index in [1.54, 1.807) is 19.3 Å². The van der Waals surface area contributed by atoms with Gasteiger partial charge in [-0.15, -0.1) is 0 Å². The van der Waals surface area contributed by atoms with Crippen molar-refractivity contribution in [3.63, 3.8) is 0 Å². The molecule has 0 atom stereocenters. The topological polar surface area (TPSA) is 49.8 Å². The molecule has 0 fully saturated rings. The molecule has 0 aliphatic heterocycles. The first-order valence-corrected chi connectivity index (χ1v) is 6.19. The van der Waals surface area contributed by atoms with Crippen molar-refractivity contribution in [1.82, 2.24) is 9.97 Å². The average Bonchev–Trinajstić information content (AvgIpc) is 2.36. The minimum absolute atomic E-state index is 0.0546. The second-order valence-electron chi connectivity index (χ2n) is 3.39. The molecule has 1 heterocycles. The van der Waals surface area contributed by atoms with Crippen LogP contribution in [0.3, 0.4) is 0 Å². The molecule has 2 aromatic rings. The summed E-state index contributed by atoms with van der Waals surface area (Å²) in [7, 11) is 1.72. The van der Waals surface area contributed by atoms with Crippen LogP contribution in [0.1, 0.15) is 0 Å². The van der Waals surface area contributed by atoms with Crippen LogP contribution in [0.15, 0.2) is 28.9 Å². The number of hydrogen-bond acceptors (Lipinski definition) is 4. The fourth-order valence-corrected chi connectivity index (χ4v) is 1.76. The molecule has 0 saturated heterocycles. The summed E-state index contributed by atoms with van der Waals surface area (Å²) in [5, 5.41) is 5.91. The van der Waals surface area contributed by atoms with Gasteiger partial charge in [0.1, 0.15) is 11.6 Å². The molecular formula is C11H9BrClFN4. The summed E-state index contributed by atoms with van der Waals surface area (Å²) >= 11 is 9.03. The van der Waals surface area contributed by atoms with Gasteiger partial charge in [-0.05, 0) is 34.1 Å². The van der Waals surface area contributed by atoms with Gasteiger partial charge in [0.15, 0.2) is 0 Å². The molecule has 2 rings (SSSR count). The number of aromatic nitrogens is 2. The van der Waals surface area contributed by atoms with Crippen molar-refractivity contribution in [3.05, 3.63) is 39.7 Å². The van der Waals surface area contributed by atoms with Crippen LogP contribution in [0.25, 0.3) is 0 Å². The Morgan fingerprint density at radius 1 is 1.39 bits per heavy atom. The van der Waals surface area contributed by atoms with Gasteiger partial charge in [0.2, 0.25) is 5.95 Å². The van der Waals surface area contributed by atoms with Crippen LogP contribution >= 0.6 is 27.5 Å². The van der Waals surface area contributed by atoms with Crippen molar-refractivity contribution in [2.75, 3.05) is 17.7 Å². The number of anilines is 3. The van der Waals surface area contributed by atoms with Crippen LogP contribution in [-0.2, 0) is 0 Å². The lowest BCUT2D eigenvalue weighted by atomic mass is 10.3. The van der Waals surface area contributed by atoms with E-state index in [1.165, 1.54) is 12.1 Å². The van der Waals surface area contributed by atoms with E-state index < -0.39 is 5.82 Å². The molecule has 1 aromatic heterocycles. The summed E-state index contributed by atoms with van der Waals surface area (Å²) in [6, 6.07) is 4.36. The highest BCUT2D eigenvalue weighted by Gasteiger charge is 2.06. The second kappa shape index (κ2) is 5.49. The van der Waals surface area contributed by atoms with Gasteiger partial charge in [-0.2, -0.15) is 4.98 Å². The maximum absolute atomic E-state index is 13.0. The molecule has 0 spiro atoms. The Morgan fingerprint density at radius 2 is 2.17 bits per heavy atom. The predicted octanol–water partition coefficient (Wildman–Crippen LogP) is 3.82. The second-order valence-corrected chi connectivity index (χ2v) is 4.66. The van der Waals surface area contributed by atoms with Crippen LogP contribution in [0.5, 0.6) is 0 Å². The van der Waals surface area contributed by atoms with Crippen molar-refractivity contribution in [2.24, 2.45) is 0 Å². The first kappa shape index (κ1) is 13.0. The third-order valence-corrected chi connectivity index (χ3v) is 3.02. The zero-order chi connectivity index (χ0) is 13.1. The van der Waals surface area contributed by atoms with E-state index in [1.807, 2.05) is 0 Å². The van der Waals surface area contributed by atoms with Gasteiger partial charge < -0.3 is 10.6 Å². The predicted molar refractivity (Wildman–Crippen MR) is 74.0 cm³/mol. The number of nitrogens with one attached hydrogen (secondary N) is 2. The summed E-state index contributed by atoms with van der Waals surface area (Å²) in [5.74, 6) is 0.589. The molecule has 0 unspecified atom stereocenters. The lowest BCUT2D eigenvalue weighted by molar-refractivity contribution is 0.628. The van der Waals surface area contributed by atoms with Gasteiger partial charge in [0.25, 0.3) is 0 Å². The zero-order valence-corrected chi connectivity index (χ0v) is 11.7. The lowest BCUT2D eigenvalue weighted by Crippen LogP contribution is -2.01. The van der Waals surface area contributed by atoms with E-state index in [9.17, 15) is 4.39 Å². The molecular weight excluding hydrogens is 323 g/mol. The van der Waals surface area contributed by atoms with E-state index in [-0.39, 0.29) is 5.02 Å². The summed E-state index contributed by atoms with van der Waals surface area (Å²) < 4.78 is 13.7. The molecule has 0 aliphatic rings. The molecule has 0 saturated carbocycles. The van der Waals surface area contributed by atoms with Crippen LogP contribution < -0.4 is 10.6 Å². The molecule has 94 valence electrons. The molecule has 1 aromatic carbocycles. The standard InChI is InChI=1S/C11H9BrClFN4/c1-15-11-16-5-7(12)10(18-11)17-6-2-3-9(14)8(13)4-6/h2-5H,1H3,(H2,15,16,17,18). The molecule has 4 nitrogen and oxygen atoms in total. The third-order valence-electron chi connectivity index (χ3n) is 2.15. The molecule has 18 heavy (non-hydrogen) atoms. The molecule has 0 bridgehead atoms. The smallest absolute Gasteiger partial charge is 0.224 e. The number of halogens is 3. The Labute approximate surface area is 117 Å². The quantitative estimate of drug-likeness (QED) is 0.898. The molecule has 0 radical (unpaired) electrons. The maximum Gasteiger partial charge on any atom is 0.224 e. The van der Waals surface area contributed by atoms with Crippen LogP contribution in [0, 0.1) is 5.82 Å². The van der Waals surface area contributed by atoms with E-state index in [2.05, 4.69) is 36.5 Å². The summed E-state index contributed by atoms with van der Waals surface area (Å²) in [6.07, 6.45) is 1.62. The largest absolute Gasteiger partial charge is 0.357 e. The summed E-state index contributed by atoms with van der Waals surface area (Å²) in [4.78, 5) is 8.26. The number of hydrogen-bond donors (Lipinski definition) is 2. The Hall–Kier alpha value is -1.40. The van der Waals surface area contributed by atoms with E-state index >= 15 is 0 Å². The Bertz CT molecular complexity index is 579. The fourth-order valence-electron chi connectivity index (χ4n) is 1.29. The SMILES string of the molecule is CNc1ncc(Br)c(Nc2ccc(F)c(Cl)c2)n1. The van der Waals surface area contributed by atoms with Crippen molar-refractivity contribution >= 4 is 45.0 Å². The summed E-state index contributed by atoms with van der Waals surface area (Å²) in [5.41, 5.74) is 0.642. The third kappa shape index (κ3) is 2.88. The van der Waals surface area contributed by atoms with Crippen LogP contribution in [0.2, 0.25) is 5.02 Å². The molecule has 0 aliphatic carbocycles. The van der Waals surface area contributed by atoms with Gasteiger partial charge in [-0.3, -0.25) is 0 Å². The minimum atomic E-state index is -0.458. The highest BCUT2D eigenvalue weighted by Crippen LogP contribution is 2.26. The maximum atomic E-state index is 13.0. The fraction of sp³-hybridized carbons (Fsp3) is 0.0909. The van der Waals surface area contributed by atoms with Gasteiger partial charge in [0, 0.05) is 18.9 Å². The number of benzene rings is 1. The normalized spacial score (nSPS) is 10.2. The summed E-state index contributed by atoms with van der Waals surface area (Å²) in [6.45, 7) is 0. The molecule has 0 amide bonds. The van der Waals surface area contributed by atoms with Gasteiger partial charge in [-0.1, -0.05) is 11.6 Å². The zero-order valence-electron chi connectivity index (χ0n) is 9.34. The van der Waals surface area contributed by atoms with Gasteiger partial charge in [0.05, 0.1) is 9.50 Å². The van der Waals surface area contributed by atoms with E-state index in [0.29, 0.717) is 21.9 Å². The molecule has 7 heteroatoms. The molecule has 2 N–H and O–H groups in total. The Balaban J connectivity index is 2.30. The van der Waals surface area contributed by atoms with Crippen molar-refractivity contribution < 1.29 is 4.39 Å². The van der Waals surface area contributed by atoms with E-state index in [0.717, 1.165) is 0 Å². The first-order valence-electron chi connectivity index (χ1n) is 5.02. The van der Waals surface area contributed by atoms with Crippen molar-refractivity contribution in [1.29, 1.82) is 0 Å². The number of nitrogens with zero attached hydrogens (tertiary/aromatic N) is 2. The average molecular weight is 332 g/mol. The van der Waals surface area contributed by atoms with Gasteiger partial charge in [-0.25, -0.2) is 9.37 Å². The van der Waals surface area contributed by atoms with Crippen molar-refractivity contribution in [3.8, 4) is 0 Å². The highest BCUT2D eigenvalue weighted by molar-refractivity contribution is 9.10.